The number of aliphatic carboxylic acids is 1. The molecule has 1 atom stereocenters. The van der Waals surface area contributed by atoms with Gasteiger partial charge in [-0.3, -0.25) is 9.59 Å². The number of aryl methyl sites for hydroxylation is 1. The van der Waals surface area contributed by atoms with E-state index in [1.54, 1.807) is 0 Å². The smallest absolute Gasteiger partial charge is 0.303 e. The Balaban J connectivity index is 1.99. The maximum atomic E-state index is 12.3. The molecule has 1 aliphatic heterocycles. The van der Waals surface area contributed by atoms with Crippen molar-refractivity contribution in [2.75, 3.05) is 6.54 Å². The third kappa shape index (κ3) is 3.83. The second kappa shape index (κ2) is 6.55. The fourth-order valence-corrected chi connectivity index (χ4v) is 2.71. The maximum absolute atomic E-state index is 12.3. The molecule has 1 unspecified atom stereocenters. The lowest BCUT2D eigenvalue weighted by Gasteiger charge is -2.22. The Hall–Kier alpha value is -1.84. The Morgan fingerprint density at radius 3 is 2.65 bits per heavy atom. The van der Waals surface area contributed by atoms with Gasteiger partial charge in [-0.1, -0.05) is 31.2 Å². The second-order valence-electron chi connectivity index (χ2n) is 5.59. The van der Waals surface area contributed by atoms with Gasteiger partial charge in [0.05, 0.1) is 0 Å². The lowest BCUT2D eigenvalue weighted by molar-refractivity contribution is -0.138. The molecule has 4 nitrogen and oxygen atoms in total. The van der Waals surface area contributed by atoms with E-state index in [0.717, 1.165) is 19.4 Å². The van der Waals surface area contributed by atoms with Crippen molar-refractivity contribution in [3.05, 3.63) is 35.4 Å². The molecule has 0 spiro atoms. The van der Waals surface area contributed by atoms with E-state index >= 15 is 0 Å². The number of hydrogen-bond donors (Lipinski definition) is 1. The Morgan fingerprint density at radius 1 is 1.25 bits per heavy atom. The van der Waals surface area contributed by atoms with Crippen molar-refractivity contribution in [2.24, 2.45) is 5.92 Å². The molecular formula is C16H21NO3. The fraction of sp³-hybridized carbons (Fsp3) is 0.500. The lowest BCUT2D eigenvalue weighted by atomic mass is 10.0. The van der Waals surface area contributed by atoms with Crippen molar-refractivity contribution in [1.29, 1.82) is 0 Å². The van der Waals surface area contributed by atoms with Crippen molar-refractivity contribution in [1.82, 2.24) is 4.90 Å². The van der Waals surface area contributed by atoms with Crippen molar-refractivity contribution >= 4 is 11.9 Å². The first kappa shape index (κ1) is 14.6. The Kier molecular flexibility index (Phi) is 4.77. The molecule has 0 radical (unpaired) electrons. The van der Waals surface area contributed by atoms with Gasteiger partial charge in [-0.05, 0) is 29.9 Å². The van der Waals surface area contributed by atoms with E-state index in [-0.39, 0.29) is 18.2 Å². The highest BCUT2D eigenvalue weighted by Gasteiger charge is 2.21. The standard InChI is InChI=1S/C16H21NO3/c1-12(10-16(19)20)9-15(18)17-8-4-7-13-5-2-3-6-14(13)11-17/h2-3,5-6,12H,4,7-11H2,1H3,(H,19,20). The summed E-state index contributed by atoms with van der Waals surface area (Å²) >= 11 is 0. The zero-order valence-corrected chi connectivity index (χ0v) is 11.8. The van der Waals surface area contributed by atoms with Gasteiger partial charge in [-0.25, -0.2) is 0 Å². The van der Waals surface area contributed by atoms with E-state index in [2.05, 4.69) is 12.1 Å². The summed E-state index contributed by atoms with van der Waals surface area (Å²) in [6.07, 6.45) is 2.34. The summed E-state index contributed by atoms with van der Waals surface area (Å²) < 4.78 is 0. The average Bonchev–Trinajstić information content (AvgIpc) is 2.59. The minimum atomic E-state index is -0.841. The van der Waals surface area contributed by atoms with Crippen molar-refractivity contribution in [2.45, 2.75) is 39.2 Å². The second-order valence-corrected chi connectivity index (χ2v) is 5.59. The molecule has 0 fully saturated rings. The summed E-state index contributed by atoms with van der Waals surface area (Å²) in [5, 5.41) is 8.76. The molecule has 1 heterocycles. The van der Waals surface area contributed by atoms with Crippen LogP contribution in [0.2, 0.25) is 0 Å². The first-order valence-corrected chi connectivity index (χ1v) is 7.12. The van der Waals surface area contributed by atoms with Crippen LogP contribution in [0.25, 0.3) is 0 Å². The van der Waals surface area contributed by atoms with Crippen LogP contribution in [0.3, 0.4) is 0 Å². The minimum absolute atomic E-state index is 0.0518. The molecule has 1 N–H and O–H groups in total. The number of nitrogens with zero attached hydrogens (tertiary/aromatic N) is 1. The lowest BCUT2D eigenvalue weighted by Crippen LogP contribution is -2.32. The van der Waals surface area contributed by atoms with Gasteiger partial charge in [0.25, 0.3) is 0 Å². The average molecular weight is 275 g/mol. The first-order chi connectivity index (χ1) is 9.56. The van der Waals surface area contributed by atoms with Gasteiger partial charge in [0, 0.05) is 25.9 Å². The third-order valence-corrected chi connectivity index (χ3v) is 3.75. The van der Waals surface area contributed by atoms with Crippen LogP contribution in [0.15, 0.2) is 24.3 Å². The highest BCUT2D eigenvalue weighted by Crippen LogP contribution is 2.20. The van der Waals surface area contributed by atoms with Gasteiger partial charge in [-0.15, -0.1) is 0 Å². The van der Waals surface area contributed by atoms with E-state index in [1.165, 1.54) is 11.1 Å². The largest absolute Gasteiger partial charge is 0.481 e. The van der Waals surface area contributed by atoms with Gasteiger partial charge in [0.2, 0.25) is 5.91 Å². The zero-order chi connectivity index (χ0) is 14.5. The number of benzene rings is 1. The number of carboxylic acids is 1. The number of carboxylic acid groups (broad SMARTS) is 1. The summed E-state index contributed by atoms with van der Waals surface area (Å²) in [6, 6.07) is 8.23. The number of carbonyl (C=O) groups is 2. The van der Waals surface area contributed by atoms with Crippen molar-refractivity contribution in [3.63, 3.8) is 0 Å². The SMILES string of the molecule is CC(CC(=O)O)CC(=O)N1CCCc2ccccc2C1. The molecular weight excluding hydrogens is 254 g/mol. The van der Waals surface area contributed by atoms with Crippen LogP contribution in [0.5, 0.6) is 0 Å². The molecule has 0 bridgehead atoms. The molecule has 1 amide bonds. The maximum Gasteiger partial charge on any atom is 0.303 e. The van der Waals surface area contributed by atoms with Crippen LogP contribution in [0.4, 0.5) is 0 Å². The highest BCUT2D eigenvalue weighted by atomic mass is 16.4. The fourth-order valence-electron chi connectivity index (χ4n) is 2.71. The van der Waals surface area contributed by atoms with Crippen LogP contribution in [-0.2, 0) is 22.6 Å². The van der Waals surface area contributed by atoms with E-state index in [1.807, 2.05) is 24.0 Å². The quantitative estimate of drug-likeness (QED) is 0.918. The van der Waals surface area contributed by atoms with Gasteiger partial charge < -0.3 is 10.0 Å². The molecule has 1 aromatic rings. The van der Waals surface area contributed by atoms with Crippen LogP contribution in [0.1, 0.15) is 37.3 Å². The molecule has 2 rings (SSSR count). The number of hydrogen-bond acceptors (Lipinski definition) is 2. The Labute approximate surface area is 119 Å². The number of rotatable bonds is 4. The van der Waals surface area contributed by atoms with E-state index in [9.17, 15) is 9.59 Å². The van der Waals surface area contributed by atoms with Crippen molar-refractivity contribution in [3.8, 4) is 0 Å². The molecule has 108 valence electrons. The van der Waals surface area contributed by atoms with Gasteiger partial charge in [0.1, 0.15) is 0 Å². The summed E-state index contributed by atoms with van der Waals surface area (Å²) in [7, 11) is 0. The molecule has 1 aliphatic rings. The van der Waals surface area contributed by atoms with Crippen LogP contribution >= 0.6 is 0 Å². The zero-order valence-electron chi connectivity index (χ0n) is 11.8. The topological polar surface area (TPSA) is 57.6 Å². The Morgan fingerprint density at radius 2 is 1.95 bits per heavy atom. The predicted molar refractivity (Wildman–Crippen MR) is 76.2 cm³/mol. The number of carbonyl (C=O) groups excluding carboxylic acids is 1. The molecule has 0 saturated heterocycles. The third-order valence-electron chi connectivity index (χ3n) is 3.75. The Bertz CT molecular complexity index is 498. The molecule has 1 aromatic carbocycles. The summed E-state index contributed by atoms with van der Waals surface area (Å²) in [6.45, 7) is 3.22. The monoisotopic (exact) mass is 275 g/mol. The van der Waals surface area contributed by atoms with Crippen LogP contribution in [0, 0.1) is 5.92 Å². The number of amides is 1. The van der Waals surface area contributed by atoms with E-state index < -0.39 is 5.97 Å². The van der Waals surface area contributed by atoms with Crippen LogP contribution in [-0.4, -0.2) is 28.4 Å². The van der Waals surface area contributed by atoms with E-state index in [0.29, 0.717) is 13.0 Å². The molecule has 4 heteroatoms. The van der Waals surface area contributed by atoms with E-state index in [4.69, 9.17) is 5.11 Å². The van der Waals surface area contributed by atoms with Gasteiger partial charge >= 0.3 is 5.97 Å². The summed E-state index contributed by atoms with van der Waals surface area (Å²) in [5.74, 6) is -0.888. The van der Waals surface area contributed by atoms with Crippen molar-refractivity contribution < 1.29 is 14.7 Å². The predicted octanol–water partition coefficient (Wildman–Crippen LogP) is 2.46. The van der Waals surface area contributed by atoms with Gasteiger partial charge in [0.15, 0.2) is 0 Å². The summed E-state index contributed by atoms with van der Waals surface area (Å²) in [5.41, 5.74) is 2.53. The first-order valence-electron chi connectivity index (χ1n) is 7.12. The normalized spacial score (nSPS) is 16.1. The molecule has 0 aromatic heterocycles. The molecule has 20 heavy (non-hydrogen) atoms. The molecule has 0 aliphatic carbocycles. The molecule has 0 saturated carbocycles. The van der Waals surface area contributed by atoms with Gasteiger partial charge in [-0.2, -0.15) is 0 Å². The summed E-state index contributed by atoms with van der Waals surface area (Å²) in [4.78, 5) is 24.8. The van der Waals surface area contributed by atoms with Crippen LogP contribution < -0.4 is 0 Å². The number of fused-ring (bicyclic) bond motifs is 1. The minimum Gasteiger partial charge on any atom is -0.481 e. The highest BCUT2D eigenvalue weighted by molar-refractivity contribution is 5.77.